The molecule has 0 aliphatic carbocycles. The van der Waals surface area contributed by atoms with Crippen LogP contribution in [0.25, 0.3) is 0 Å². The van der Waals surface area contributed by atoms with Crippen LogP contribution in [0.4, 0.5) is 0 Å². The molecule has 32 heavy (non-hydrogen) atoms. The lowest BCUT2D eigenvalue weighted by Crippen LogP contribution is -2.24. The highest BCUT2D eigenvalue weighted by atomic mass is 35.5. The number of rotatable bonds is 8. The van der Waals surface area contributed by atoms with Crippen molar-refractivity contribution in [3.8, 4) is 17.2 Å². The van der Waals surface area contributed by atoms with E-state index in [9.17, 15) is 9.59 Å². The van der Waals surface area contributed by atoms with Crippen LogP contribution in [0.3, 0.4) is 0 Å². The molecule has 3 aromatic rings. The number of carbonyl (C=O) groups is 2. The maximum atomic E-state index is 12.3. The molecule has 0 atom stereocenters. The van der Waals surface area contributed by atoms with Gasteiger partial charge in [-0.15, -0.1) is 0 Å². The Hall–Kier alpha value is -3.84. The summed E-state index contributed by atoms with van der Waals surface area (Å²) in [4.78, 5) is 24.2. The van der Waals surface area contributed by atoms with E-state index in [1.807, 2.05) is 25.1 Å². The zero-order valence-corrected chi connectivity index (χ0v) is 18.3. The molecule has 0 bridgehead atoms. The minimum atomic E-state index is -0.540. The van der Waals surface area contributed by atoms with E-state index in [4.69, 9.17) is 25.8 Å². The Balaban J connectivity index is 1.57. The van der Waals surface area contributed by atoms with Crippen LogP contribution in [0.15, 0.2) is 71.8 Å². The predicted molar refractivity (Wildman–Crippen MR) is 122 cm³/mol. The molecule has 0 saturated carbocycles. The number of esters is 1. The lowest BCUT2D eigenvalue weighted by atomic mass is 10.2. The summed E-state index contributed by atoms with van der Waals surface area (Å²) in [6.45, 7) is 1.74. The summed E-state index contributed by atoms with van der Waals surface area (Å²) in [5.74, 6) is 0.290. The van der Waals surface area contributed by atoms with E-state index < -0.39 is 11.9 Å². The normalized spacial score (nSPS) is 10.6. The van der Waals surface area contributed by atoms with Gasteiger partial charge >= 0.3 is 5.97 Å². The number of amides is 1. The van der Waals surface area contributed by atoms with Crippen LogP contribution in [-0.4, -0.2) is 31.8 Å². The Labute approximate surface area is 190 Å². The maximum absolute atomic E-state index is 12.3. The Bertz CT molecular complexity index is 1130. The molecule has 0 radical (unpaired) electrons. The number of ether oxygens (including phenoxy) is 3. The molecule has 8 heteroatoms. The van der Waals surface area contributed by atoms with Gasteiger partial charge in [0.1, 0.15) is 5.75 Å². The largest absolute Gasteiger partial charge is 0.493 e. The second-order valence-electron chi connectivity index (χ2n) is 6.65. The molecule has 0 heterocycles. The van der Waals surface area contributed by atoms with E-state index in [-0.39, 0.29) is 12.4 Å². The summed E-state index contributed by atoms with van der Waals surface area (Å²) in [5, 5.41) is 4.44. The number of nitrogens with one attached hydrogen (secondary N) is 1. The van der Waals surface area contributed by atoms with Crippen LogP contribution in [0.1, 0.15) is 21.5 Å². The summed E-state index contributed by atoms with van der Waals surface area (Å²) >= 11 is 5.84. The van der Waals surface area contributed by atoms with Gasteiger partial charge in [-0.3, -0.25) is 4.79 Å². The number of hydrazone groups is 1. The number of benzene rings is 3. The highest BCUT2D eigenvalue weighted by Crippen LogP contribution is 2.28. The molecule has 3 aromatic carbocycles. The summed E-state index contributed by atoms with van der Waals surface area (Å²) in [7, 11) is 1.46. The van der Waals surface area contributed by atoms with Gasteiger partial charge in [0.2, 0.25) is 0 Å². The number of halogens is 1. The molecule has 7 nitrogen and oxygen atoms in total. The number of hydrogen-bond donors (Lipinski definition) is 1. The lowest BCUT2D eigenvalue weighted by Gasteiger charge is -2.10. The lowest BCUT2D eigenvalue weighted by molar-refractivity contribution is -0.123. The van der Waals surface area contributed by atoms with Gasteiger partial charge in [-0.05, 0) is 66.6 Å². The van der Waals surface area contributed by atoms with E-state index in [2.05, 4.69) is 10.5 Å². The molecule has 0 aliphatic rings. The average Bonchev–Trinajstić information content (AvgIpc) is 2.79. The fourth-order valence-corrected chi connectivity index (χ4v) is 2.79. The molecular formula is C24H21ClN2O5. The minimum Gasteiger partial charge on any atom is -0.493 e. The van der Waals surface area contributed by atoms with Gasteiger partial charge in [-0.1, -0.05) is 29.8 Å². The van der Waals surface area contributed by atoms with Gasteiger partial charge in [0.05, 0.1) is 18.9 Å². The highest BCUT2D eigenvalue weighted by molar-refractivity contribution is 6.30. The first-order valence-electron chi connectivity index (χ1n) is 9.62. The third kappa shape index (κ3) is 6.33. The SMILES string of the molecule is COc1cc(/C=N/NC(=O)COc2ccccc2C)ccc1OC(=O)c1ccc(Cl)cc1. The van der Waals surface area contributed by atoms with Gasteiger partial charge < -0.3 is 14.2 Å². The Morgan fingerprint density at radius 3 is 2.47 bits per heavy atom. The molecule has 3 rings (SSSR count). The van der Waals surface area contributed by atoms with E-state index in [1.165, 1.54) is 13.3 Å². The standard InChI is InChI=1S/C24H21ClN2O5/c1-16-5-3-4-6-20(16)31-15-23(28)27-26-14-17-7-12-21(22(13-17)30-2)32-24(29)18-8-10-19(25)11-9-18/h3-14H,15H2,1-2H3,(H,27,28)/b26-14+. The van der Waals surface area contributed by atoms with Crippen LogP contribution in [0.5, 0.6) is 17.2 Å². The van der Waals surface area contributed by atoms with Crippen molar-refractivity contribution in [3.05, 3.63) is 88.4 Å². The number of para-hydroxylation sites is 1. The average molecular weight is 453 g/mol. The van der Waals surface area contributed by atoms with Crippen molar-refractivity contribution in [2.24, 2.45) is 5.10 Å². The fourth-order valence-electron chi connectivity index (χ4n) is 2.67. The molecule has 0 aromatic heterocycles. The van der Waals surface area contributed by atoms with Crippen molar-refractivity contribution in [2.45, 2.75) is 6.92 Å². The number of aryl methyl sites for hydroxylation is 1. The maximum Gasteiger partial charge on any atom is 0.343 e. The number of carbonyl (C=O) groups excluding carboxylic acids is 2. The van der Waals surface area contributed by atoms with E-state index >= 15 is 0 Å². The molecule has 0 saturated heterocycles. The van der Waals surface area contributed by atoms with E-state index in [0.29, 0.717) is 27.6 Å². The quantitative estimate of drug-likeness (QED) is 0.237. The van der Waals surface area contributed by atoms with Gasteiger partial charge in [-0.2, -0.15) is 5.10 Å². The van der Waals surface area contributed by atoms with Crippen molar-refractivity contribution in [1.82, 2.24) is 5.43 Å². The van der Waals surface area contributed by atoms with E-state index in [0.717, 1.165) is 5.56 Å². The first kappa shape index (κ1) is 22.8. The molecular weight excluding hydrogens is 432 g/mol. The minimum absolute atomic E-state index is 0.162. The second kappa shape index (κ2) is 11.0. The topological polar surface area (TPSA) is 86.2 Å². The molecule has 0 fully saturated rings. The predicted octanol–water partition coefficient (Wildman–Crippen LogP) is 4.41. The summed E-state index contributed by atoms with van der Waals surface area (Å²) < 4.78 is 16.2. The van der Waals surface area contributed by atoms with Crippen LogP contribution >= 0.6 is 11.6 Å². The zero-order chi connectivity index (χ0) is 22.9. The van der Waals surface area contributed by atoms with Crippen LogP contribution in [0.2, 0.25) is 5.02 Å². The molecule has 0 unspecified atom stereocenters. The molecule has 1 N–H and O–H groups in total. The van der Waals surface area contributed by atoms with Gasteiger partial charge in [0, 0.05) is 5.02 Å². The van der Waals surface area contributed by atoms with E-state index in [1.54, 1.807) is 48.5 Å². The van der Waals surface area contributed by atoms with Gasteiger partial charge in [0.25, 0.3) is 5.91 Å². The van der Waals surface area contributed by atoms with Crippen molar-refractivity contribution >= 4 is 29.7 Å². The van der Waals surface area contributed by atoms with Gasteiger partial charge in [0.15, 0.2) is 18.1 Å². The third-order valence-electron chi connectivity index (χ3n) is 4.33. The zero-order valence-electron chi connectivity index (χ0n) is 17.5. The summed E-state index contributed by atoms with van der Waals surface area (Å²) in [6, 6.07) is 18.7. The second-order valence-corrected chi connectivity index (χ2v) is 7.09. The highest BCUT2D eigenvalue weighted by Gasteiger charge is 2.13. The van der Waals surface area contributed by atoms with Crippen molar-refractivity contribution in [1.29, 1.82) is 0 Å². The van der Waals surface area contributed by atoms with Crippen molar-refractivity contribution in [2.75, 3.05) is 13.7 Å². The number of nitrogens with zero attached hydrogens (tertiary/aromatic N) is 1. The number of hydrogen-bond acceptors (Lipinski definition) is 6. The molecule has 0 aliphatic heterocycles. The first-order valence-corrected chi connectivity index (χ1v) is 10.00. The molecule has 0 spiro atoms. The summed E-state index contributed by atoms with van der Waals surface area (Å²) in [5.41, 5.74) is 4.33. The third-order valence-corrected chi connectivity index (χ3v) is 4.58. The Kier molecular flexibility index (Phi) is 7.83. The first-order chi connectivity index (χ1) is 15.5. The smallest absolute Gasteiger partial charge is 0.343 e. The Morgan fingerprint density at radius 1 is 1.00 bits per heavy atom. The van der Waals surface area contributed by atoms with Crippen LogP contribution < -0.4 is 19.6 Å². The van der Waals surface area contributed by atoms with Crippen molar-refractivity contribution in [3.63, 3.8) is 0 Å². The molecule has 164 valence electrons. The Morgan fingerprint density at radius 2 is 1.75 bits per heavy atom. The summed E-state index contributed by atoms with van der Waals surface area (Å²) in [6.07, 6.45) is 1.44. The van der Waals surface area contributed by atoms with Crippen LogP contribution in [-0.2, 0) is 4.79 Å². The van der Waals surface area contributed by atoms with Crippen molar-refractivity contribution < 1.29 is 23.8 Å². The number of methoxy groups -OCH3 is 1. The van der Waals surface area contributed by atoms with Crippen LogP contribution in [0, 0.1) is 6.92 Å². The monoisotopic (exact) mass is 452 g/mol. The molecule has 1 amide bonds. The van der Waals surface area contributed by atoms with Gasteiger partial charge in [-0.25, -0.2) is 10.2 Å². The fraction of sp³-hybridized carbons (Fsp3) is 0.125.